The molecule has 5 rings (SSSR count). The molecule has 0 amide bonds. The fourth-order valence-electron chi connectivity index (χ4n) is 5.87. The van der Waals surface area contributed by atoms with Gasteiger partial charge in [-0.1, -0.05) is 0 Å². The van der Waals surface area contributed by atoms with Crippen LogP contribution in [-0.4, -0.2) is 12.2 Å². The number of hydrogen-bond donors (Lipinski definition) is 0. The second-order valence-electron chi connectivity index (χ2n) is 5.73. The molecule has 1 heterocycles. The van der Waals surface area contributed by atoms with E-state index in [9.17, 15) is 0 Å². The topological polar surface area (TPSA) is 9.23 Å². The lowest BCUT2D eigenvalue weighted by molar-refractivity contribution is 0.0392. The van der Waals surface area contributed by atoms with Crippen LogP contribution in [-0.2, 0) is 4.74 Å². The minimum absolute atomic E-state index is 0.729. The standard InChI is InChI=1S/C11H14O/c1-6-4-2-8-10(6)11-7(1)5(4)3-9(11)12-8/h4-11H,1-3H2/t4-,5-,6-,7-,8-,9+,10+,11+/m1/s1. The summed E-state index contributed by atoms with van der Waals surface area (Å²) in [5, 5.41) is 0. The molecule has 0 aromatic carbocycles. The lowest BCUT2D eigenvalue weighted by Crippen LogP contribution is -2.22. The van der Waals surface area contributed by atoms with Gasteiger partial charge >= 0.3 is 0 Å². The molecule has 1 saturated heterocycles. The van der Waals surface area contributed by atoms with Crippen LogP contribution < -0.4 is 0 Å². The molecule has 0 aromatic heterocycles. The van der Waals surface area contributed by atoms with Crippen molar-refractivity contribution in [3.8, 4) is 0 Å². The van der Waals surface area contributed by atoms with Gasteiger partial charge in [-0.2, -0.15) is 0 Å². The van der Waals surface area contributed by atoms with Gasteiger partial charge in [0, 0.05) is 0 Å². The molecule has 0 radical (unpaired) electrons. The van der Waals surface area contributed by atoms with Crippen LogP contribution >= 0.6 is 0 Å². The summed E-state index contributed by atoms with van der Waals surface area (Å²) in [6, 6.07) is 0. The average molecular weight is 162 g/mol. The van der Waals surface area contributed by atoms with Crippen LogP contribution in [0.4, 0.5) is 0 Å². The first kappa shape index (κ1) is 5.64. The van der Waals surface area contributed by atoms with Crippen LogP contribution in [0.25, 0.3) is 0 Å². The monoisotopic (exact) mass is 162 g/mol. The lowest BCUT2D eigenvalue weighted by Gasteiger charge is -2.23. The van der Waals surface area contributed by atoms with Gasteiger partial charge in [0.1, 0.15) is 0 Å². The van der Waals surface area contributed by atoms with Gasteiger partial charge < -0.3 is 4.74 Å². The number of fused-ring (bicyclic) bond motifs is 1. The summed E-state index contributed by atoms with van der Waals surface area (Å²) < 4.78 is 6.13. The van der Waals surface area contributed by atoms with Crippen LogP contribution in [0, 0.1) is 35.5 Å². The first-order valence-electron chi connectivity index (χ1n) is 5.59. The third-order valence-electron chi connectivity index (χ3n) is 5.84. The molecule has 5 aliphatic rings. The maximum atomic E-state index is 6.13. The summed E-state index contributed by atoms with van der Waals surface area (Å²) in [5.41, 5.74) is 0. The first-order valence-corrected chi connectivity index (χ1v) is 5.59. The number of rotatable bonds is 0. The molecule has 12 heavy (non-hydrogen) atoms. The molecule has 0 aromatic rings. The predicted molar refractivity (Wildman–Crippen MR) is 43.5 cm³/mol. The van der Waals surface area contributed by atoms with Crippen molar-refractivity contribution < 1.29 is 4.74 Å². The Morgan fingerprint density at radius 3 is 1.83 bits per heavy atom. The zero-order chi connectivity index (χ0) is 7.45. The Bertz CT molecular complexity index is 244. The summed E-state index contributed by atoms with van der Waals surface area (Å²) in [4.78, 5) is 0. The van der Waals surface area contributed by atoms with E-state index in [2.05, 4.69) is 0 Å². The normalized spacial score (nSPS) is 80.0. The Labute approximate surface area is 72.5 Å². The molecule has 1 aliphatic heterocycles. The van der Waals surface area contributed by atoms with Crippen molar-refractivity contribution in [2.45, 2.75) is 31.5 Å². The molecule has 1 heteroatoms. The van der Waals surface area contributed by atoms with Gasteiger partial charge in [0.2, 0.25) is 0 Å². The molecule has 4 aliphatic carbocycles. The predicted octanol–water partition coefficient (Wildman–Crippen LogP) is 1.68. The van der Waals surface area contributed by atoms with Crippen LogP contribution in [0.1, 0.15) is 19.3 Å². The van der Waals surface area contributed by atoms with Crippen molar-refractivity contribution in [1.82, 2.24) is 0 Å². The number of hydrogen-bond acceptors (Lipinski definition) is 1. The summed E-state index contributed by atoms with van der Waals surface area (Å²) in [7, 11) is 0. The third-order valence-corrected chi connectivity index (χ3v) is 5.84. The molecule has 0 spiro atoms. The summed E-state index contributed by atoms with van der Waals surface area (Å²) >= 11 is 0. The summed E-state index contributed by atoms with van der Waals surface area (Å²) in [5.74, 6) is 6.58. The van der Waals surface area contributed by atoms with Gasteiger partial charge in [-0.05, 0) is 54.8 Å². The van der Waals surface area contributed by atoms with Crippen molar-refractivity contribution in [2.75, 3.05) is 0 Å². The van der Waals surface area contributed by atoms with E-state index in [-0.39, 0.29) is 0 Å². The molecule has 8 atom stereocenters. The molecule has 4 saturated carbocycles. The number of ether oxygens (including phenoxy) is 1. The van der Waals surface area contributed by atoms with E-state index in [4.69, 9.17) is 4.74 Å². The SMILES string of the molecule is C1[C@@H]2[C@@H]3C[C@@H]4O[C@@H]5C[C@H]3[C@@H]1[C@@H]5[C@@H]24. The van der Waals surface area contributed by atoms with Gasteiger partial charge in [-0.3, -0.25) is 0 Å². The Morgan fingerprint density at radius 1 is 0.667 bits per heavy atom. The smallest absolute Gasteiger partial charge is 0.0616 e. The van der Waals surface area contributed by atoms with Crippen molar-refractivity contribution >= 4 is 0 Å². The van der Waals surface area contributed by atoms with Crippen LogP contribution in [0.5, 0.6) is 0 Å². The Balaban J connectivity index is 1.87. The zero-order valence-electron chi connectivity index (χ0n) is 7.15. The second kappa shape index (κ2) is 1.39. The lowest BCUT2D eigenvalue weighted by atomic mass is 9.80. The maximum absolute atomic E-state index is 6.13. The minimum Gasteiger partial charge on any atom is -0.374 e. The van der Waals surface area contributed by atoms with Gasteiger partial charge in [0.05, 0.1) is 12.2 Å². The molecular formula is C11H14O. The highest BCUT2D eigenvalue weighted by Gasteiger charge is 2.73. The Hall–Kier alpha value is -0.0400. The van der Waals surface area contributed by atoms with E-state index in [1.807, 2.05) is 0 Å². The van der Waals surface area contributed by atoms with Crippen LogP contribution in [0.2, 0.25) is 0 Å². The third kappa shape index (κ3) is 0.348. The van der Waals surface area contributed by atoms with E-state index in [0.29, 0.717) is 0 Å². The highest BCUT2D eigenvalue weighted by molar-refractivity contribution is 5.20. The molecule has 0 N–H and O–H groups in total. The summed E-state index contributed by atoms with van der Waals surface area (Å²) in [6.45, 7) is 0. The fraction of sp³-hybridized carbons (Fsp3) is 1.00. The van der Waals surface area contributed by atoms with E-state index < -0.39 is 0 Å². The average Bonchev–Trinajstić information content (AvgIpc) is 2.57. The van der Waals surface area contributed by atoms with Crippen molar-refractivity contribution in [3.63, 3.8) is 0 Å². The molecular weight excluding hydrogens is 148 g/mol. The van der Waals surface area contributed by atoms with E-state index in [1.165, 1.54) is 12.8 Å². The summed E-state index contributed by atoms with van der Waals surface area (Å²) in [6.07, 6.45) is 5.95. The minimum atomic E-state index is 0.729. The van der Waals surface area contributed by atoms with Crippen molar-refractivity contribution in [2.24, 2.45) is 35.5 Å². The van der Waals surface area contributed by atoms with Crippen LogP contribution in [0.3, 0.4) is 0 Å². The zero-order valence-corrected chi connectivity index (χ0v) is 7.15. The van der Waals surface area contributed by atoms with Crippen molar-refractivity contribution in [3.05, 3.63) is 0 Å². The molecule has 1 nitrogen and oxygen atoms in total. The van der Waals surface area contributed by atoms with E-state index in [0.717, 1.165) is 47.7 Å². The molecule has 0 unspecified atom stereocenters. The largest absolute Gasteiger partial charge is 0.374 e. The molecule has 64 valence electrons. The Kier molecular flexibility index (Phi) is 0.654. The van der Waals surface area contributed by atoms with E-state index >= 15 is 0 Å². The Morgan fingerprint density at radius 2 is 1.25 bits per heavy atom. The first-order chi connectivity index (χ1) is 5.93. The molecule has 2 bridgehead atoms. The van der Waals surface area contributed by atoms with E-state index in [1.54, 1.807) is 6.42 Å². The van der Waals surface area contributed by atoms with Crippen molar-refractivity contribution in [1.29, 1.82) is 0 Å². The second-order valence-corrected chi connectivity index (χ2v) is 5.73. The molecule has 5 fully saturated rings. The quantitative estimate of drug-likeness (QED) is 0.526. The van der Waals surface area contributed by atoms with Gasteiger partial charge in [-0.25, -0.2) is 0 Å². The maximum Gasteiger partial charge on any atom is 0.0616 e. The van der Waals surface area contributed by atoms with Gasteiger partial charge in [0.25, 0.3) is 0 Å². The van der Waals surface area contributed by atoms with Gasteiger partial charge in [-0.15, -0.1) is 0 Å². The van der Waals surface area contributed by atoms with Gasteiger partial charge in [0.15, 0.2) is 0 Å². The highest BCUT2D eigenvalue weighted by atomic mass is 16.5. The van der Waals surface area contributed by atoms with Crippen LogP contribution in [0.15, 0.2) is 0 Å². The highest BCUT2D eigenvalue weighted by Crippen LogP contribution is 2.74. The fourth-order valence-corrected chi connectivity index (χ4v) is 5.87.